The zero-order valence-electron chi connectivity index (χ0n) is 20.4. The van der Waals surface area contributed by atoms with Gasteiger partial charge in [-0.15, -0.1) is 0 Å². The summed E-state index contributed by atoms with van der Waals surface area (Å²) in [5.74, 6) is 0.304. The van der Waals surface area contributed by atoms with Gasteiger partial charge in [-0.3, -0.25) is 9.78 Å². The molecule has 0 N–H and O–H groups in total. The van der Waals surface area contributed by atoms with Crippen molar-refractivity contribution >= 4 is 5.91 Å². The van der Waals surface area contributed by atoms with Gasteiger partial charge in [-0.05, 0) is 51.4 Å². The lowest BCUT2D eigenvalue weighted by atomic mass is 10.1. The molecular formula is C27H47N3O. The third-order valence-electron chi connectivity index (χ3n) is 6.53. The molecule has 0 unspecified atom stereocenters. The van der Waals surface area contributed by atoms with Crippen LogP contribution in [0.25, 0.3) is 0 Å². The molecule has 4 heteroatoms. The summed E-state index contributed by atoms with van der Waals surface area (Å²) >= 11 is 0. The summed E-state index contributed by atoms with van der Waals surface area (Å²) in [6.07, 6.45) is 17.8. The van der Waals surface area contributed by atoms with Crippen LogP contribution < -0.4 is 0 Å². The summed E-state index contributed by atoms with van der Waals surface area (Å²) in [5, 5.41) is 0. The molecule has 2 rings (SSSR count). The van der Waals surface area contributed by atoms with E-state index < -0.39 is 0 Å². The van der Waals surface area contributed by atoms with Gasteiger partial charge in [0.25, 0.3) is 0 Å². The van der Waals surface area contributed by atoms with Crippen molar-refractivity contribution in [3.8, 4) is 0 Å². The van der Waals surface area contributed by atoms with Gasteiger partial charge in [0.05, 0.1) is 12.2 Å². The number of likely N-dealkylation sites (tertiary alicyclic amines) is 1. The first-order valence-corrected chi connectivity index (χ1v) is 13.1. The highest BCUT2D eigenvalue weighted by atomic mass is 16.2. The second-order valence-electron chi connectivity index (χ2n) is 9.42. The Kier molecular flexibility index (Phi) is 13.5. The number of rotatable bonds is 17. The van der Waals surface area contributed by atoms with E-state index in [1.807, 2.05) is 25.1 Å². The van der Waals surface area contributed by atoms with E-state index >= 15 is 0 Å². The lowest BCUT2D eigenvalue weighted by Gasteiger charge is -2.25. The van der Waals surface area contributed by atoms with Crippen LogP contribution in [-0.2, 0) is 11.3 Å². The minimum Gasteiger partial charge on any atom is -0.336 e. The summed E-state index contributed by atoms with van der Waals surface area (Å²) in [6.45, 7) is 9.13. The van der Waals surface area contributed by atoms with Crippen molar-refractivity contribution in [2.75, 3.05) is 26.2 Å². The van der Waals surface area contributed by atoms with Crippen LogP contribution in [0.5, 0.6) is 0 Å². The fourth-order valence-corrected chi connectivity index (χ4v) is 4.54. The average Bonchev–Trinajstić information content (AvgIpc) is 3.28. The Hall–Kier alpha value is -1.42. The molecule has 31 heavy (non-hydrogen) atoms. The topological polar surface area (TPSA) is 36.4 Å². The minimum atomic E-state index is 0.304. The number of hydrogen-bond donors (Lipinski definition) is 0. The van der Waals surface area contributed by atoms with Crippen molar-refractivity contribution in [2.45, 2.75) is 110 Å². The summed E-state index contributed by atoms with van der Waals surface area (Å²) in [7, 11) is 0. The van der Waals surface area contributed by atoms with E-state index in [1.165, 1.54) is 90.1 Å². The Morgan fingerprint density at radius 3 is 2.16 bits per heavy atom. The van der Waals surface area contributed by atoms with Crippen LogP contribution in [0.15, 0.2) is 18.2 Å². The van der Waals surface area contributed by atoms with Crippen LogP contribution in [0.3, 0.4) is 0 Å². The van der Waals surface area contributed by atoms with Gasteiger partial charge in [-0.2, -0.15) is 0 Å². The smallest absolute Gasteiger partial charge is 0.222 e. The normalized spacial score (nSPS) is 14.3. The van der Waals surface area contributed by atoms with Gasteiger partial charge >= 0.3 is 0 Å². The number of aryl methyl sites for hydroxylation is 1. The van der Waals surface area contributed by atoms with Crippen molar-refractivity contribution in [3.63, 3.8) is 0 Å². The van der Waals surface area contributed by atoms with Crippen LogP contribution in [-0.4, -0.2) is 46.9 Å². The molecule has 0 radical (unpaired) electrons. The fraction of sp³-hybridized carbons (Fsp3) is 0.778. The summed E-state index contributed by atoms with van der Waals surface area (Å²) in [4.78, 5) is 22.2. The van der Waals surface area contributed by atoms with Crippen molar-refractivity contribution < 1.29 is 4.79 Å². The van der Waals surface area contributed by atoms with E-state index in [2.05, 4.69) is 21.7 Å². The van der Waals surface area contributed by atoms with Gasteiger partial charge in [0.2, 0.25) is 5.91 Å². The number of hydrogen-bond acceptors (Lipinski definition) is 3. The third-order valence-corrected chi connectivity index (χ3v) is 6.53. The number of pyridine rings is 1. The van der Waals surface area contributed by atoms with Crippen LogP contribution in [0.4, 0.5) is 0 Å². The number of unbranched alkanes of at least 4 members (excludes halogenated alkanes) is 10. The second-order valence-corrected chi connectivity index (χ2v) is 9.42. The highest BCUT2D eigenvalue weighted by molar-refractivity contribution is 5.76. The molecule has 0 bridgehead atoms. The number of nitrogens with zero attached hydrogens (tertiary/aromatic N) is 3. The minimum absolute atomic E-state index is 0.304. The van der Waals surface area contributed by atoms with Crippen LogP contribution >= 0.6 is 0 Å². The van der Waals surface area contributed by atoms with Gasteiger partial charge in [0.15, 0.2) is 0 Å². The van der Waals surface area contributed by atoms with Crippen molar-refractivity contribution in [3.05, 3.63) is 29.6 Å². The van der Waals surface area contributed by atoms with Gasteiger partial charge in [0, 0.05) is 25.2 Å². The van der Waals surface area contributed by atoms with Gasteiger partial charge < -0.3 is 9.80 Å². The molecule has 1 aromatic rings. The maximum absolute atomic E-state index is 13.0. The molecule has 0 saturated carbocycles. The Morgan fingerprint density at radius 1 is 0.935 bits per heavy atom. The van der Waals surface area contributed by atoms with E-state index in [0.717, 1.165) is 30.9 Å². The molecule has 1 aliphatic heterocycles. The zero-order chi connectivity index (χ0) is 22.2. The van der Waals surface area contributed by atoms with Crippen LogP contribution in [0.2, 0.25) is 0 Å². The van der Waals surface area contributed by atoms with Gasteiger partial charge in [-0.25, -0.2) is 0 Å². The molecule has 2 heterocycles. The molecule has 1 saturated heterocycles. The first kappa shape index (κ1) is 25.8. The second kappa shape index (κ2) is 16.2. The molecular weight excluding hydrogens is 382 g/mol. The monoisotopic (exact) mass is 429 g/mol. The molecule has 0 spiro atoms. The average molecular weight is 430 g/mol. The largest absolute Gasteiger partial charge is 0.336 e. The summed E-state index contributed by atoms with van der Waals surface area (Å²) < 4.78 is 0. The molecule has 1 aromatic heterocycles. The van der Waals surface area contributed by atoms with E-state index in [0.29, 0.717) is 18.9 Å². The quantitative estimate of drug-likeness (QED) is 0.265. The molecule has 1 fully saturated rings. The van der Waals surface area contributed by atoms with Gasteiger partial charge in [-0.1, -0.05) is 77.2 Å². The van der Waals surface area contributed by atoms with Crippen LogP contribution in [0, 0.1) is 6.92 Å². The standard InChI is InChI=1S/C27H47N3O/c1-3-4-5-6-7-8-9-10-11-12-13-19-27(31)30(23-22-29-20-14-15-21-29)24-26-18-16-17-25(2)28-26/h16-18H,3-15,19-24H2,1-2H3. The third kappa shape index (κ3) is 11.7. The number of carbonyl (C=O) groups excluding carboxylic acids is 1. The van der Waals surface area contributed by atoms with Gasteiger partial charge in [0.1, 0.15) is 0 Å². The summed E-state index contributed by atoms with van der Waals surface area (Å²) in [5.41, 5.74) is 2.03. The molecule has 0 aromatic carbocycles. The van der Waals surface area contributed by atoms with E-state index in [9.17, 15) is 4.79 Å². The molecule has 1 aliphatic rings. The highest BCUT2D eigenvalue weighted by Crippen LogP contribution is 2.14. The lowest BCUT2D eigenvalue weighted by Crippen LogP contribution is -2.37. The first-order chi connectivity index (χ1) is 15.2. The maximum atomic E-state index is 13.0. The fourth-order valence-electron chi connectivity index (χ4n) is 4.54. The first-order valence-electron chi connectivity index (χ1n) is 13.1. The number of aromatic nitrogens is 1. The lowest BCUT2D eigenvalue weighted by molar-refractivity contribution is -0.132. The van der Waals surface area contributed by atoms with E-state index in [4.69, 9.17) is 0 Å². The molecule has 4 nitrogen and oxygen atoms in total. The molecule has 0 aliphatic carbocycles. The predicted octanol–water partition coefficient (Wildman–Crippen LogP) is 6.52. The summed E-state index contributed by atoms with van der Waals surface area (Å²) in [6, 6.07) is 6.11. The van der Waals surface area contributed by atoms with E-state index in [-0.39, 0.29) is 0 Å². The van der Waals surface area contributed by atoms with Crippen molar-refractivity contribution in [1.82, 2.24) is 14.8 Å². The molecule has 176 valence electrons. The molecule has 0 atom stereocenters. The molecule has 1 amide bonds. The van der Waals surface area contributed by atoms with E-state index in [1.54, 1.807) is 0 Å². The Balaban J connectivity index is 1.64. The highest BCUT2D eigenvalue weighted by Gasteiger charge is 2.18. The Morgan fingerprint density at radius 2 is 1.55 bits per heavy atom. The zero-order valence-corrected chi connectivity index (χ0v) is 20.4. The SMILES string of the molecule is CCCCCCCCCCCCCC(=O)N(CCN1CCCC1)Cc1cccc(C)n1. The van der Waals surface area contributed by atoms with Crippen molar-refractivity contribution in [2.24, 2.45) is 0 Å². The number of amides is 1. The van der Waals surface area contributed by atoms with Crippen molar-refractivity contribution in [1.29, 1.82) is 0 Å². The van der Waals surface area contributed by atoms with Crippen LogP contribution in [0.1, 0.15) is 108 Å². The maximum Gasteiger partial charge on any atom is 0.222 e. The predicted molar refractivity (Wildman–Crippen MR) is 131 cm³/mol. The Bertz CT molecular complexity index is 598. The Labute approximate surface area is 191 Å². The number of carbonyl (C=O) groups is 1.